The van der Waals surface area contributed by atoms with Crippen molar-refractivity contribution >= 4 is 5.78 Å². The summed E-state index contributed by atoms with van der Waals surface area (Å²) >= 11 is 0. The zero-order valence-corrected chi connectivity index (χ0v) is 8.91. The molecule has 2 aliphatic rings. The number of ketones is 1. The lowest BCUT2D eigenvalue weighted by molar-refractivity contribution is -0.179. The lowest BCUT2D eigenvalue weighted by Gasteiger charge is -2.44. The molecule has 3 nitrogen and oxygen atoms in total. The van der Waals surface area contributed by atoms with Crippen molar-refractivity contribution in [1.82, 2.24) is 0 Å². The van der Waals surface area contributed by atoms with Crippen molar-refractivity contribution in [1.29, 1.82) is 0 Å². The fourth-order valence-corrected chi connectivity index (χ4v) is 2.77. The van der Waals surface area contributed by atoms with Crippen LogP contribution in [0.4, 0.5) is 0 Å². The summed E-state index contributed by atoms with van der Waals surface area (Å²) in [6.45, 7) is 4.71. The summed E-state index contributed by atoms with van der Waals surface area (Å²) < 4.78 is 11.5. The molecule has 0 bridgehead atoms. The molecule has 2 saturated heterocycles. The topological polar surface area (TPSA) is 35.5 Å². The van der Waals surface area contributed by atoms with Crippen LogP contribution in [0.2, 0.25) is 0 Å². The van der Waals surface area contributed by atoms with Gasteiger partial charge in [0, 0.05) is 25.7 Å². The van der Waals surface area contributed by atoms with Crippen LogP contribution in [0.1, 0.15) is 39.5 Å². The van der Waals surface area contributed by atoms with Crippen molar-refractivity contribution in [3.8, 4) is 0 Å². The molecule has 2 atom stereocenters. The van der Waals surface area contributed by atoms with E-state index in [0.29, 0.717) is 25.2 Å². The van der Waals surface area contributed by atoms with Crippen LogP contribution < -0.4 is 0 Å². The van der Waals surface area contributed by atoms with Gasteiger partial charge in [0.1, 0.15) is 5.78 Å². The summed E-state index contributed by atoms with van der Waals surface area (Å²) in [5, 5.41) is 0. The zero-order chi connectivity index (χ0) is 10.2. The average Bonchev–Trinajstić information content (AvgIpc) is 1.99. The van der Waals surface area contributed by atoms with E-state index >= 15 is 0 Å². The van der Waals surface area contributed by atoms with Gasteiger partial charge in [0.25, 0.3) is 0 Å². The van der Waals surface area contributed by atoms with Crippen LogP contribution in [0.3, 0.4) is 0 Å². The quantitative estimate of drug-likeness (QED) is 0.594. The number of ether oxygens (including phenoxy) is 2. The van der Waals surface area contributed by atoms with Crippen molar-refractivity contribution in [3.63, 3.8) is 0 Å². The van der Waals surface area contributed by atoms with Gasteiger partial charge in [-0.25, -0.2) is 0 Å². The fourth-order valence-electron chi connectivity index (χ4n) is 2.77. The van der Waals surface area contributed by atoms with Crippen LogP contribution in [-0.4, -0.2) is 30.2 Å². The molecular weight excluding hydrogens is 180 g/mol. The summed E-state index contributed by atoms with van der Waals surface area (Å²) in [6.07, 6.45) is 3.33. The molecule has 3 heteroatoms. The largest absolute Gasteiger partial charge is 0.375 e. The Morgan fingerprint density at radius 3 is 2.50 bits per heavy atom. The van der Waals surface area contributed by atoms with Gasteiger partial charge in [0.05, 0.1) is 24.4 Å². The third kappa shape index (κ3) is 1.98. The van der Waals surface area contributed by atoms with E-state index in [1.54, 1.807) is 0 Å². The summed E-state index contributed by atoms with van der Waals surface area (Å²) in [7, 11) is 0. The Balaban J connectivity index is 2.09. The molecule has 1 spiro atoms. The van der Waals surface area contributed by atoms with Crippen molar-refractivity contribution in [3.05, 3.63) is 0 Å². The first-order valence-electron chi connectivity index (χ1n) is 5.41. The number of carbonyl (C=O) groups excluding carboxylic acids is 1. The van der Waals surface area contributed by atoms with Gasteiger partial charge in [-0.3, -0.25) is 4.79 Å². The number of rotatable bonds is 0. The van der Waals surface area contributed by atoms with Crippen LogP contribution in [0, 0.1) is 0 Å². The highest BCUT2D eigenvalue weighted by Gasteiger charge is 2.42. The van der Waals surface area contributed by atoms with E-state index in [1.807, 2.05) is 0 Å². The SMILES string of the molecule is CC1CC2(CC(=O)CCO2)CC(C)O1. The van der Waals surface area contributed by atoms with E-state index in [-0.39, 0.29) is 17.8 Å². The monoisotopic (exact) mass is 198 g/mol. The lowest BCUT2D eigenvalue weighted by atomic mass is 9.81. The predicted molar refractivity (Wildman–Crippen MR) is 52.2 cm³/mol. The Bertz CT molecular complexity index is 227. The molecule has 0 aromatic heterocycles. The summed E-state index contributed by atoms with van der Waals surface area (Å²) in [6, 6.07) is 0. The maximum absolute atomic E-state index is 11.4. The Labute approximate surface area is 84.8 Å². The van der Waals surface area contributed by atoms with Crippen molar-refractivity contribution in [2.45, 2.75) is 57.3 Å². The van der Waals surface area contributed by atoms with Crippen LogP contribution in [0.15, 0.2) is 0 Å². The molecule has 2 aliphatic heterocycles. The molecule has 0 aromatic rings. The summed E-state index contributed by atoms with van der Waals surface area (Å²) in [5.41, 5.74) is -0.202. The number of hydrogen-bond acceptors (Lipinski definition) is 3. The normalized spacial score (nSPS) is 44.3. The van der Waals surface area contributed by atoms with Crippen molar-refractivity contribution < 1.29 is 14.3 Å². The van der Waals surface area contributed by atoms with Crippen LogP contribution in [0.5, 0.6) is 0 Å². The minimum absolute atomic E-state index is 0.202. The molecule has 2 unspecified atom stereocenters. The van der Waals surface area contributed by atoms with Gasteiger partial charge in [-0.05, 0) is 13.8 Å². The number of Topliss-reactive ketones (excluding diaryl/α,β-unsaturated/α-hetero) is 1. The molecule has 0 saturated carbocycles. The van der Waals surface area contributed by atoms with E-state index < -0.39 is 0 Å². The van der Waals surface area contributed by atoms with Crippen molar-refractivity contribution in [2.24, 2.45) is 0 Å². The second kappa shape index (κ2) is 3.63. The zero-order valence-electron chi connectivity index (χ0n) is 8.91. The van der Waals surface area contributed by atoms with Crippen LogP contribution in [-0.2, 0) is 14.3 Å². The molecule has 2 fully saturated rings. The van der Waals surface area contributed by atoms with Gasteiger partial charge >= 0.3 is 0 Å². The molecule has 14 heavy (non-hydrogen) atoms. The van der Waals surface area contributed by atoms with E-state index in [1.165, 1.54) is 0 Å². The molecule has 2 heterocycles. The maximum Gasteiger partial charge on any atom is 0.138 e. The Hall–Kier alpha value is -0.410. The first kappa shape index (κ1) is 10.1. The fraction of sp³-hybridized carbons (Fsp3) is 0.909. The Morgan fingerprint density at radius 2 is 1.93 bits per heavy atom. The first-order valence-corrected chi connectivity index (χ1v) is 5.41. The van der Waals surface area contributed by atoms with Crippen LogP contribution >= 0.6 is 0 Å². The number of hydrogen-bond donors (Lipinski definition) is 0. The van der Waals surface area contributed by atoms with Gasteiger partial charge in [-0.15, -0.1) is 0 Å². The highest BCUT2D eigenvalue weighted by atomic mass is 16.5. The van der Waals surface area contributed by atoms with Crippen molar-refractivity contribution in [2.75, 3.05) is 6.61 Å². The minimum atomic E-state index is -0.202. The molecule has 0 amide bonds. The van der Waals surface area contributed by atoms with Crippen LogP contribution in [0.25, 0.3) is 0 Å². The Kier molecular flexibility index (Phi) is 2.62. The maximum atomic E-state index is 11.4. The van der Waals surface area contributed by atoms with Gasteiger partial charge < -0.3 is 9.47 Å². The first-order chi connectivity index (χ1) is 6.60. The van der Waals surface area contributed by atoms with Gasteiger partial charge in [-0.1, -0.05) is 0 Å². The molecular formula is C11H18O3. The second-order valence-electron chi connectivity index (χ2n) is 4.66. The molecule has 0 aliphatic carbocycles. The van der Waals surface area contributed by atoms with E-state index in [0.717, 1.165) is 12.8 Å². The smallest absolute Gasteiger partial charge is 0.138 e. The standard InChI is InChI=1S/C11H18O3/c1-8-5-11(6-9(2)14-8)7-10(12)3-4-13-11/h8-9H,3-7H2,1-2H3. The van der Waals surface area contributed by atoms with E-state index in [2.05, 4.69) is 13.8 Å². The second-order valence-corrected chi connectivity index (χ2v) is 4.66. The predicted octanol–water partition coefficient (Wildman–Crippen LogP) is 1.69. The average molecular weight is 198 g/mol. The molecule has 0 radical (unpaired) electrons. The third-order valence-electron chi connectivity index (χ3n) is 3.09. The molecule has 2 rings (SSSR count). The molecule has 0 aromatic carbocycles. The highest BCUT2D eigenvalue weighted by molar-refractivity contribution is 5.80. The molecule has 0 N–H and O–H groups in total. The number of carbonyl (C=O) groups is 1. The lowest BCUT2D eigenvalue weighted by Crippen LogP contribution is -2.49. The van der Waals surface area contributed by atoms with Gasteiger partial charge in [0.15, 0.2) is 0 Å². The van der Waals surface area contributed by atoms with Gasteiger partial charge in [-0.2, -0.15) is 0 Å². The highest BCUT2D eigenvalue weighted by Crippen LogP contribution is 2.37. The molecule has 80 valence electrons. The van der Waals surface area contributed by atoms with Gasteiger partial charge in [0.2, 0.25) is 0 Å². The summed E-state index contributed by atoms with van der Waals surface area (Å²) in [4.78, 5) is 11.4. The summed E-state index contributed by atoms with van der Waals surface area (Å²) in [5.74, 6) is 0.345. The van der Waals surface area contributed by atoms with E-state index in [9.17, 15) is 4.79 Å². The minimum Gasteiger partial charge on any atom is -0.375 e. The Morgan fingerprint density at radius 1 is 1.29 bits per heavy atom. The van der Waals surface area contributed by atoms with E-state index in [4.69, 9.17) is 9.47 Å². The third-order valence-corrected chi connectivity index (χ3v) is 3.09.